The number of benzene rings is 1. The second kappa shape index (κ2) is 7.41. The smallest absolute Gasteiger partial charge is 0.0753 e. The predicted octanol–water partition coefficient (Wildman–Crippen LogP) is 3.91. The molecule has 2 unspecified atom stereocenters. The summed E-state index contributed by atoms with van der Waals surface area (Å²) in [7, 11) is 1.81. The molecule has 2 rings (SSSR count). The molecule has 0 amide bonds. The molecule has 2 atom stereocenters. The third-order valence-corrected chi connectivity index (χ3v) is 4.66. The fraction of sp³-hybridized carbons (Fsp3) is 0.625. The van der Waals surface area contributed by atoms with E-state index in [0.29, 0.717) is 5.92 Å². The lowest BCUT2D eigenvalue weighted by atomic mass is 9.81. The van der Waals surface area contributed by atoms with E-state index in [1.54, 1.807) is 7.11 Å². The lowest BCUT2D eigenvalue weighted by Gasteiger charge is -2.33. The van der Waals surface area contributed by atoms with Gasteiger partial charge in [0.15, 0.2) is 0 Å². The Bertz CT molecular complexity index is 390. The highest BCUT2D eigenvalue weighted by atomic mass is 79.9. The van der Waals surface area contributed by atoms with E-state index in [9.17, 15) is 0 Å². The SMILES string of the molecule is COC(C(N)Cc1cccc(Br)c1)C1CCCCC1. The zero-order valence-corrected chi connectivity index (χ0v) is 13.2. The van der Waals surface area contributed by atoms with Gasteiger partial charge in [0, 0.05) is 17.6 Å². The maximum absolute atomic E-state index is 6.40. The fourth-order valence-corrected chi connectivity index (χ4v) is 3.68. The zero-order chi connectivity index (χ0) is 13.7. The molecule has 1 fully saturated rings. The summed E-state index contributed by atoms with van der Waals surface area (Å²) in [5.41, 5.74) is 7.68. The van der Waals surface area contributed by atoms with Crippen LogP contribution in [0.2, 0.25) is 0 Å². The van der Waals surface area contributed by atoms with E-state index in [2.05, 4.69) is 34.1 Å². The van der Waals surface area contributed by atoms with Crippen molar-refractivity contribution in [1.82, 2.24) is 0 Å². The minimum atomic E-state index is 0.0856. The van der Waals surface area contributed by atoms with Crippen molar-refractivity contribution in [1.29, 1.82) is 0 Å². The van der Waals surface area contributed by atoms with Crippen molar-refractivity contribution < 1.29 is 4.74 Å². The summed E-state index contributed by atoms with van der Waals surface area (Å²) in [5, 5.41) is 0. The molecule has 1 aliphatic rings. The largest absolute Gasteiger partial charge is 0.380 e. The molecule has 2 nitrogen and oxygen atoms in total. The van der Waals surface area contributed by atoms with Crippen LogP contribution in [0.4, 0.5) is 0 Å². The van der Waals surface area contributed by atoms with Crippen LogP contribution in [0.1, 0.15) is 37.7 Å². The van der Waals surface area contributed by atoms with Gasteiger partial charge in [-0.3, -0.25) is 0 Å². The van der Waals surface area contributed by atoms with Gasteiger partial charge in [-0.15, -0.1) is 0 Å². The topological polar surface area (TPSA) is 35.2 Å². The Morgan fingerprint density at radius 3 is 2.68 bits per heavy atom. The van der Waals surface area contributed by atoms with E-state index < -0.39 is 0 Å². The standard InChI is InChI=1S/C16H24BrNO/c1-19-16(13-7-3-2-4-8-13)15(18)11-12-6-5-9-14(17)10-12/h5-6,9-10,13,15-16H,2-4,7-8,11,18H2,1H3. The second-order valence-electron chi connectivity index (χ2n) is 5.60. The highest BCUT2D eigenvalue weighted by Crippen LogP contribution is 2.29. The minimum absolute atomic E-state index is 0.0856. The Kier molecular flexibility index (Phi) is 5.86. The Hall–Kier alpha value is -0.380. The van der Waals surface area contributed by atoms with Crippen molar-refractivity contribution >= 4 is 15.9 Å². The van der Waals surface area contributed by atoms with Crippen molar-refractivity contribution in [2.24, 2.45) is 11.7 Å². The highest BCUT2D eigenvalue weighted by molar-refractivity contribution is 9.10. The van der Waals surface area contributed by atoms with Crippen LogP contribution in [0.5, 0.6) is 0 Å². The average molecular weight is 326 g/mol. The first kappa shape index (κ1) is 15.0. The van der Waals surface area contributed by atoms with Crippen LogP contribution in [-0.4, -0.2) is 19.3 Å². The van der Waals surface area contributed by atoms with Crippen molar-refractivity contribution in [3.63, 3.8) is 0 Å². The lowest BCUT2D eigenvalue weighted by molar-refractivity contribution is 0.0179. The molecular formula is C16H24BrNO. The number of ether oxygens (including phenoxy) is 1. The van der Waals surface area contributed by atoms with Crippen LogP contribution in [-0.2, 0) is 11.2 Å². The monoisotopic (exact) mass is 325 g/mol. The molecule has 106 valence electrons. The van der Waals surface area contributed by atoms with E-state index in [0.717, 1.165) is 10.9 Å². The molecule has 19 heavy (non-hydrogen) atoms. The second-order valence-corrected chi connectivity index (χ2v) is 6.51. The normalized spacial score (nSPS) is 20.2. The number of hydrogen-bond donors (Lipinski definition) is 1. The summed E-state index contributed by atoms with van der Waals surface area (Å²) < 4.78 is 6.83. The quantitative estimate of drug-likeness (QED) is 0.890. The van der Waals surface area contributed by atoms with E-state index in [1.165, 1.54) is 37.7 Å². The molecule has 1 aromatic carbocycles. The van der Waals surface area contributed by atoms with Gasteiger partial charge in [-0.05, 0) is 42.9 Å². The molecule has 1 saturated carbocycles. The Labute approximate surface area is 124 Å². The molecule has 0 saturated heterocycles. The molecule has 1 aliphatic carbocycles. The van der Waals surface area contributed by atoms with E-state index in [-0.39, 0.29) is 12.1 Å². The van der Waals surface area contributed by atoms with Crippen LogP contribution in [0.25, 0.3) is 0 Å². The summed E-state index contributed by atoms with van der Waals surface area (Å²) >= 11 is 3.51. The van der Waals surface area contributed by atoms with Crippen LogP contribution >= 0.6 is 15.9 Å². The first-order chi connectivity index (χ1) is 9.20. The third-order valence-electron chi connectivity index (χ3n) is 4.17. The molecule has 2 N–H and O–H groups in total. The van der Waals surface area contributed by atoms with Crippen molar-refractivity contribution in [2.75, 3.05) is 7.11 Å². The number of methoxy groups -OCH3 is 1. The van der Waals surface area contributed by atoms with Gasteiger partial charge in [0.05, 0.1) is 6.10 Å². The van der Waals surface area contributed by atoms with Gasteiger partial charge < -0.3 is 10.5 Å². The van der Waals surface area contributed by atoms with Gasteiger partial charge in [-0.1, -0.05) is 47.3 Å². The first-order valence-corrected chi connectivity index (χ1v) is 8.03. The van der Waals surface area contributed by atoms with Gasteiger partial charge in [-0.25, -0.2) is 0 Å². The molecule has 0 bridgehead atoms. The molecule has 0 aromatic heterocycles. The van der Waals surface area contributed by atoms with Gasteiger partial charge in [0.25, 0.3) is 0 Å². The zero-order valence-electron chi connectivity index (χ0n) is 11.6. The average Bonchev–Trinajstić information content (AvgIpc) is 2.41. The van der Waals surface area contributed by atoms with Crippen LogP contribution in [0.15, 0.2) is 28.7 Å². The molecule has 3 heteroatoms. The highest BCUT2D eigenvalue weighted by Gasteiger charge is 2.28. The lowest BCUT2D eigenvalue weighted by Crippen LogP contribution is -2.43. The summed E-state index contributed by atoms with van der Waals surface area (Å²) in [6.07, 6.45) is 7.64. The van der Waals surface area contributed by atoms with Crippen molar-refractivity contribution in [3.05, 3.63) is 34.3 Å². The Morgan fingerprint density at radius 2 is 2.05 bits per heavy atom. The summed E-state index contributed by atoms with van der Waals surface area (Å²) in [5.74, 6) is 0.640. The van der Waals surface area contributed by atoms with E-state index in [4.69, 9.17) is 10.5 Å². The minimum Gasteiger partial charge on any atom is -0.380 e. The number of nitrogens with two attached hydrogens (primary N) is 1. The number of hydrogen-bond acceptors (Lipinski definition) is 2. The molecular weight excluding hydrogens is 302 g/mol. The maximum Gasteiger partial charge on any atom is 0.0753 e. The summed E-state index contributed by atoms with van der Waals surface area (Å²) in [6, 6.07) is 8.48. The Balaban J connectivity index is 1.97. The molecule has 1 aromatic rings. The van der Waals surface area contributed by atoms with Gasteiger partial charge in [0.2, 0.25) is 0 Å². The maximum atomic E-state index is 6.40. The van der Waals surface area contributed by atoms with Crippen LogP contribution in [0, 0.1) is 5.92 Å². The van der Waals surface area contributed by atoms with E-state index >= 15 is 0 Å². The summed E-state index contributed by atoms with van der Waals surface area (Å²) in [6.45, 7) is 0. The Morgan fingerprint density at radius 1 is 1.32 bits per heavy atom. The predicted molar refractivity (Wildman–Crippen MR) is 83.2 cm³/mol. The number of halogens is 1. The van der Waals surface area contributed by atoms with Crippen molar-refractivity contribution in [2.45, 2.75) is 50.7 Å². The summed E-state index contributed by atoms with van der Waals surface area (Å²) in [4.78, 5) is 0. The van der Waals surface area contributed by atoms with Gasteiger partial charge >= 0.3 is 0 Å². The van der Waals surface area contributed by atoms with E-state index in [1.807, 2.05) is 6.07 Å². The molecule has 0 spiro atoms. The van der Waals surface area contributed by atoms with Gasteiger partial charge in [-0.2, -0.15) is 0 Å². The number of rotatable bonds is 5. The molecule has 0 radical (unpaired) electrons. The van der Waals surface area contributed by atoms with Crippen molar-refractivity contribution in [3.8, 4) is 0 Å². The first-order valence-electron chi connectivity index (χ1n) is 7.23. The van der Waals surface area contributed by atoms with Crippen LogP contribution < -0.4 is 5.73 Å². The van der Waals surface area contributed by atoms with Crippen LogP contribution in [0.3, 0.4) is 0 Å². The van der Waals surface area contributed by atoms with Gasteiger partial charge in [0.1, 0.15) is 0 Å². The third kappa shape index (κ3) is 4.30. The molecule has 0 heterocycles. The fourth-order valence-electron chi connectivity index (χ4n) is 3.23. The molecule has 0 aliphatic heterocycles.